The van der Waals surface area contributed by atoms with Gasteiger partial charge in [0.1, 0.15) is 12.1 Å². The van der Waals surface area contributed by atoms with Crippen molar-refractivity contribution in [3.05, 3.63) is 70.8 Å². The van der Waals surface area contributed by atoms with Gasteiger partial charge in [0, 0.05) is 61.7 Å². The summed E-state index contributed by atoms with van der Waals surface area (Å²) < 4.78 is 10.9. The topological polar surface area (TPSA) is 302 Å². The molecule has 2 heterocycles. The molecule has 2 aromatic rings. The van der Waals surface area contributed by atoms with Gasteiger partial charge < -0.3 is 30.7 Å². The number of hydrogen-bond donors (Lipinski definition) is 6. The summed E-state index contributed by atoms with van der Waals surface area (Å²) in [4.78, 5) is 156. The van der Waals surface area contributed by atoms with Crippen molar-refractivity contribution in [3.8, 4) is 0 Å². The molecule has 2 aliphatic heterocycles. The molecule has 4 rings (SSSR count). The van der Waals surface area contributed by atoms with Gasteiger partial charge in [-0.05, 0) is 54.7 Å². The third-order valence-corrected chi connectivity index (χ3v) is 11.6. The lowest BCUT2D eigenvalue weighted by Crippen LogP contribution is -2.51. The van der Waals surface area contributed by atoms with E-state index < -0.39 is 84.0 Å². The summed E-state index contributed by atoms with van der Waals surface area (Å²) in [6.45, 7) is 7.29. The smallest absolute Gasteiger partial charge is 0.257 e. The third-order valence-electron chi connectivity index (χ3n) is 11.6. The Balaban J connectivity index is 1.30. The van der Waals surface area contributed by atoms with Crippen LogP contribution in [0, 0.1) is 11.8 Å². The molecule has 2 aliphatic rings. The van der Waals surface area contributed by atoms with Crippen molar-refractivity contribution in [1.29, 1.82) is 0 Å². The Bertz CT molecular complexity index is 2130. The predicted octanol–water partition coefficient (Wildman–Crippen LogP) is 0.000100. The van der Waals surface area contributed by atoms with E-state index in [1.807, 2.05) is 13.8 Å². The SMILES string of the molecule is CCc1ccc(C(=O)NC(=O)C(CC(=O)NCCOCCN2C(=O)CC(C)C2=O)NC(=O)CCCC(=O)NC(CC(=O)NCCOCCN2C(=O)CC(C)C2=O)C(=O)NC(=O)c2ccc(CC)cc2)cc1. The first-order chi connectivity index (χ1) is 33.9. The molecular formula is C49H64N8O14. The summed E-state index contributed by atoms with van der Waals surface area (Å²) in [6.07, 6.45) is -0.360. The molecule has 12 amide bonds. The standard InChI is InChI=1S/C49H64N8O14/c1-5-32-10-14-34(15-11-32)44(64)54-46(66)36(28-40(60)50-18-22-70-24-20-56-42(62)26-30(3)48(56)68)52-38(58)8-7-9-39(59)53-37(47(67)55-45(65)35-16-12-33(6-2)13-17-35)29-41(61)51-19-23-71-25-21-57-43(63)27-31(4)49(57)69/h10-17,30-31,36-37H,5-9,18-29H2,1-4H3,(H,50,60)(H,51,61)(H,52,58)(H,53,59)(H,54,64,66)(H,55,65,67). The van der Waals surface area contributed by atoms with Gasteiger partial charge in [-0.2, -0.15) is 0 Å². The van der Waals surface area contributed by atoms with E-state index in [9.17, 15) is 57.5 Å². The van der Waals surface area contributed by atoms with E-state index in [2.05, 4.69) is 31.9 Å². The molecule has 71 heavy (non-hydrogen) atoms. The van der Waals surface area contributed by atoms with Gasteiger partial charge in [0.05, 0.1) is 52.4 Å². The molecule has 2 saturated heterocycles. The molecule has 6 N–H and O–H groups in total. The lowest BCUT2D eigenvalue weighted by Gasteiger charge is -2.19. The van der Waals surface area contributed by atoms with Crippen LogP contribution in [-0.4, -0.2) is 145 Å². The first-order valence-electron chi connectivity index (χ1n) is 23.7. The van der Waals surface area contributed by atoms with Crippen LogP contribution in [0.15, 0.2) is 48.5 Å². The maximum absolute atomic E-state index is 13.4. The number of likely N-dealkylation sites (tertiary alicyclic amines) is 2. The molecule has 384 valence electrons. The number of nitrogens with one attached hydrogen (secondary N) is 6. The highest BCUT2D eigenvalue weighted by Crippen LogP contribution is 2.19. The molecule has 22 heteroatoms. The third kappa shape index (κ3) is 18.2. The molecule has 0 aromatic heterocycles. The number of rotatable bonds is 28. The monoisotopic (exact) mass is 988 g/mol. The second-order valence-corrected chi connectivity index (χ2v) is 17.1. The van der Waals surface area contributed by atoms with Crippen LogP contribution in [0.25, 0.3) is 0 Å². The van der Waals surface area contributed by atoms with Gasteiger partial charge in [-0.25, -0.2) is 0 Å². The number of imide groups is 4. The number of ether oxygens (including phenoxy) is 2. The van der Waals surface area contributed by atoms with Crippen LogP contribution in [0.2, 0.25) is 0 Å². The number of nitrogens with zero attached hydrogens (tertiary/aromatic N) is 2. The van der Waals surface area contributed by atoms with Gasteiger partial charge in [0.25, 0.3) is 11.8 Å². The molecule has 0 aliphatic carbocycles. The highest BCUT2D eigenvalue weighted by atomic mass is 16.5. The van der Waals surface area contributed by atoms with E-state index in [-0.39, 0.29) is 119 Å². The van der Waals surface area contributed by atoms with E-state index in [0.29, 0.717) is 12.8 Å². The minimum Gasteiger partial charge on any atom is -0.378 e. The lowest BCUT2D eigenvalue weighted by atomic mass is 10.1. The van der Waals surface area contributed by atoms with Crippen molar-refractivity contribution in [2.24, 2.45) is 11.8 Å². The normalized spacial score (nSPS) is 16.3. The van der Waals surface area contributed by atoms with Crippen molar-refractivity contribution in [3.63, 3.8) is 0 Å². The number of hydrogen-bond acceptors (Lipinski definition) is 14. The van der Waals surface area contributed by atoms with Crippen molar-refractivity contribution in [2.75, 3.05) is 52.6 Å². The van der Waals surface area contributed by atoms with Crippen LogP contribution < -0.4 is 31.9 Å². The summed E-state index contributed by atoms with van der Waals surface area (Å²) in [5, 5.41) is 14.4. The van der Waals surface area contributed by atoms with Crippen molar-refractivity contribution in [1.82, 2.24) is 41.7 Å². The van der Waals surface area contributed by atoms with Crippen LogP contribution in [0.1, 0.15) is 104 Å². The highest BCUT2D eigenvalue weighted by molar-refractivity contribution is 6.09. The molecule has 4 unspecified atom stereocenters. The number of amides is 12. The Kier molecular flexibility index (Phi) is 22.6. The fourth-order valence-electron chi connectivity index (χ4n) is 7.41. The molecule has 0 spiro atoms. The van der Waals surface area contributed by atoms with Crippen molar-refractivity contribution < 1.29 is 67.0 Å². The Morgan fingerprint density at radius 3 is 1.24 bits per heavy atom. The second kappa shape index (κ2) is 28.5. The summed E-state index contributed by atoms with van der Waals surface area (Å²) in [6, 6.07) is 9.88. The molecule has 2 fully saturated rings. The van der Waals surface area contributed by atoms with E-state index in [1.54, 1.807) is 38.1 Å². The fourth-order valence-corrected chi connectivity index (χ4v) is 7.41. The molecule has 0 radical (unpaired) electrons. The lowest BCUT2D eigenvalue weighted by molar-refractivity contribution is -0.141. The number of carbonyl (C=O) groups excluding carboxylic acids is 12. The largest absolute Gasteiger partial charge is 0.378 e. The number of aryl methyl sites for hydroxylation is 2. The van der Waals surface area contributed by atoms with Crippen LogP contribution in [0.3, 0.4) is 0 Å². The zero-order valence-corrected chi connectivity index (χ0v) is 40.6. The van der Waals surface area contributed by atoms with Gasteiger partial charge in [-0.3, -0.25) is 78.0 Å². The van der Waals surface area contributed by atoms with Crippen molar-refractivity contribution >= 4 is 70.9 Å². The Hall–Kier alpha value is -7.20. The van der Waals surface area contributed by atoms with Gasteiger partial charge in [-0.1, -0.05) is 52.0 Å². The minimum atomic E-state index is -1.54. The van der Waals surface area contributed by atoms with Gasteiger partial charge >= 0.3 is 0 Å². The molecule has 0 saturated carbocycles. The Morgan fingerprint density at radius 1 is 0.549 bits per heavy atom. The summed E-state index contributed by atoms with van der Waals surface area (Å²) in [5.74, 6) is -8.37. The van der Waals surface area contributed by atoms with Crippen LogP contribution >= 0.6 is 0 Å². The maximum atomic E-state index is 13.4. The van der Waals surface area contributed by atoms with Crippen LogP contribution in [-0.2, 0) is 70.3 Å². The van der Waals surface area contributed by atoms with Gasteiger partial charge in [-0.15, -0.1) is 0 Å². The fraction of sp³-hybridized carbons (Fsp3) is 0.510. The zero-order chi connectivity index (χ0) is 52.0. The van der Waals surface area contributed by atoms with Crippen LogP contribution in [0.4, 0.5) is 0 Å². The minimum absolute atomic E-state index is 0.00538. The second-order valence-electron chi connectivity index (χ2n) is 17.1. The number of benzene rings is 2. The molecular weight excluding hydrogens is 925 g/mol. The maximum Gasteiger partial charge on any atom is 0.257 e. The zero-order valence-electron chi connectivity index (χ0n) is 40.6. The van der Waals surface area contributed by atoms with Crippen LogP contribution in [0.5, 0.6) is 0 Å². The Labute approximate surface area is 411 Å². The molecule has 4 atom stereocenters. The van der Waals surface area contributed by atoms with E-state index in [0.717, 1.165) is 20.9 Å². The van der Waals surface area contributed by atoms with Gasteiger partial charge in [0.15, 0.2) is 0 Å². The Morgan fingerprint density at radius 2 is 0.915 bits per heavy atom. The first-order valence-corrected chi connectivity index (χ1v) is 23.7. The van der Waals surface area contributed by atoms with Crippen molar-refractivity contribution in [2.45, 2.75) is 97.6 Å². The van der Waals surface area contributed by atoms with E-state index in [4.69, 9.17) is 9.47 Å². The average molecular weight is 989 g/mol. The van der Waals surface area contributed by atoms with E-state index in [1.165, 1.54) is 24.3 Å². The first kappa shape index (κ1) is 56.4. The molecule has 22 nitrogen and oxygen atoms in total. The predicted molar refractivity (Wildman–Crippen MR) is 252 cm³/mol. The summed E-state index contributed by atoms with van der Waals surface area (Å²) in [5.41, 5.74) is 2.22. The van der Waals surface area contributed by atoms with E-state index >= 15 is 0 Å². The summed E-state index contributed by atoms with van der Waals surface area (Å²) >= 11 is 0. The molecule has 0 bridgehead atoms. The van der Waals surface area contributed by atoms with Gasteiger partial charge in [0.2, 0.25) is 59.1 Å². The highest BCUT2D eigenvalue weighted by Gasteiger charge is 2.36. The quantitative estimate of drug-likeness (QED) is 0.0484. The molecule has 2 aromatic carbocycles. The number of carbonyl (C=O) groups is 12. The summed E-state index contributed by atoms with van der Waals surface area (Å²) in [7, 11) is 0. The average Bonchev–Trinajstić information content (AvgIpc) is 3.74.